The van der Waals surface area contributed by atoms with E-state index in [4.69, 9.17) is 0 Å². The summed E-state index contributed by atoms with van der Waals surface area (Å²) in [5.74, 6) is 1.60. The van der Waals surface area contributed by atoms with Crippen molar-refractivity contribution in [3.8, 4) is 0 Å². The van der Waals surface area contributed by atoms with Crippen molar-refractivity contribution in [1.82, 2.24) is 30.0 Å². The van der Waals surface area contributed by atoms with Crippen molar-refractivity contribution >= 4 is 11.8 Å². The Morgan fingerprint density at radius 2 is 2.08 bits per heavy atom. The molecule has 3 heterocycles. The van der Waals surface area contributed by atoms with Crippen molar-refractivity contribution < 1.29 is 9.59 Å². The molecule has 0 unspecified atom stereocenters. The lowest BCUT2D eigenvalue weighted by Gasteiger charge is -2.42. The Labute approximate surface area is 147 Å². The van der Waals surface area contributed by atoms with Gasteiger partial charge in [0.1, 0.15) is 12.4 Å². The summed E-state index contributed by atoms with van der Waals surface area (Å²) in [4.78, 5) is 29.6. The van der Waals surface area contributed by atoms with Crippen LogP contribution in [0.25, 0.3) is 0 Å². The maximum absolute atomic E-state index is 13.1. The van der Waals surface area contributed by atoms with Gasteiger partial charge in [-0.05, 0) is 55.4 Å². The summed E-state index contributed by atoms with van der Waals surface area (Å²) in [6.07, 6.45) is 6.55. The van der Waals surface area contributed by atoms with Gasteiger partial charge in [0.15, 0.2) is 0 Å². The lowest BCUT2D eigenvalue weighted by molar-refractivity contribution is -0.147. The van der Waals surface area contributed by atoms with Gasteiger partial charge in [-0.2, -0.15) is 0 Å². The van der Waals surface area contributed by atoms with Gasteiger partial charge in [-0.1, -0.05) is 6.42 Å². The van der Waals surface area contributed by atoms with Crippen LogP contribution < -0.4 is 0 Å². The first-order valence-corrected chi connectivity index (χ1v) is 9.37. The molecule has 2 saturated heterocycles. The lowest BCUT2D eigenvalue weighted by Crippen LogP contribution is -2.52. The fraction of sp³-hybridized carbons (Fsp3) is 0.824. The summed E-state index contributed by atoms with van der Waals surface area (Å²) < 4.78 is 1.51. The molecule has 8 heteroatoms. The molecule has 0 aromatic carbocycles. The van der Waals surface area contributed by atoms with Crippen molar-refractivity contribution in [3.63, 3.8) is 0 Å². The SMILES string of the molecule is Cc1nnnn1CC(=O)N1CC[C@]2(CCCN(CC3CCC3)C2=O)C1. The van der Waals surface area contributed by atoms with Gasteiger partial charge in [0, 0.05) is 26.2 Å². The first-order chi connectivity index (χ1) is 12.1. The number of amides is 2. The van der Waals surface area contributed by atoms with E-state index in [9.17, 15) is 9.59 Å². The molecule has 0 bridgehead atoms. The van der Waals surface area contributed by atoms with E-state index in [-0.39, 0.29) is 23.8 Å². The molecule has 1 atom stereocenters. The second-order valence-corrected chi connectivity index (χ2v) is 7.88. The Morgan fingerprint density at radius 3 is 2.76 bits per heavy atom. The molecular weight excluding hydrogens is 320 g/mol. The van der Waals surface area contributed by atoms with Gasteiger partial charge in [0.05, 0.1) is 5.41 Å². The van der Waals surface area contributed by atoms with Gasteiger partial charge in [0.25, 0.3) is 0 Å². The van der Waals surface area contributed by atoms with Crippen LogP contribution in [-0.4, -0.2) is 68.0 Å². The molecule has 2 aliphatic heterocycles. The van der Waals surface area contributed by atoms with Crippen LogP contribution in [-0.2, 0) is 16.1 Å². The molecule has 25 heavy (non-hydrogen) atoms. The van der Waals surface area contributed by atoms with Crippen molar-refractivity contribution in [1.29, 1.82) is 0 Å². The van der Waals surface area contributed by atoms with Crippen molar-refractivity contribution in [2.45, 2.75) is 52.0 Å². The Kier molecular flexibility index (Phi) is 4.21. The molecule has 1 aromatic rings. The molecule has 0 radical (unpaired) electrons. The third-order valence-electron chi connectivity index (χ3n) is 6.23. The maximum atomic E-state index is 13.1. The molecule has 1 saturated carbocycles. The van der Waals surface area contributed by atoms with Crippen LogP contribution in [0.2, 0.25) is 0 Å². The Bertz CT molecular complexity index is 670. The number of aryl methyl sites for hydroxylation is 1. The summed E-state index contributed by atoms with van der Waals surface area (Å²) >= 11 is 0. The summed E-state index contributed by atoms with van der Waals surface area (Å²) in [5.41, 5.74) is -0.354. The van der Waals surface area contributed by atoms with Gasteiger partial charge in [0.2, 0.25) is 11.8 Å². The summed E-state index contributed by atoms with van der Waals surface area (Å²) in [5, 5.41) is 11.2. The van der Waals surface area contributed by atoms with Crippen LogP contribution in [0.3, 0.4) is 0 Å². The normalized spacial score (nSPS) is 27.2. The van der Waals surface area contributed by atoms with E-state index in [0.29, 0.717) is 24.8 Å². The number of aromatic nitrogens is 4. The van der Waals surface area contributed by atoms with Crippen molar-refractivity contribution in [2.24, 2.45) is 11.3 Å². The summed E-state index contributed by atoms with van der Waals surface area (Å²) in [6, 6.07) is 0. The molecule has 1 spiro atoms. The Morgan fingerprint density at radius 1 is 1.24 bits per heavy atom. The molecule has 8 nitrogen and oxygen atoms in total. The number of nitrogens with zero attached hydrogens (tertiary/aromatic N) is 6. The van der Waals surface area contributed by atoms with Crippen LogP contribution in [0, 0.1) is 18.3 Å². The number of hydrogen-bond acceptors (Lipinski definition) is 5. The van der Waals surface area contributed by atoms with Crippen LogP contribution in [0.15, 0.2) is 0 Å². The van der Waals surface area contributed by atoms with Gasteiger partial charge >= 0.3 is 0 Å². The quantitative estimate of drug-likeness (QED) is 0.798. The molecular formula is C17H26N6O2. The molecule has 136 valence electrons. The number of hydrogen-bond donors (Lipinski definition) is 0. The average molecular weight is 346 g/mol. The highest BCUT2D eigenvalue weighted by Crippen LogP contribution is 2.41. The highest BCUT2D eigenvalue weighted by atomic mass is 16.2. The highest BCUT2D eigenvalue weighted by molar-refractivity contribution is 5.86. The number of piperidine rings is 1. The molecule has 2 amide bonds. The van der Waals surface area contributed by atoms with E-state index in [2.05, 4.69) is 20.4 Å². The predicted molar refractivity (Wildman–Crippen MR) is 89.3 cm³/mol. The second kappa shape index (κ2) is 6.38. The minimum atomic E-state index is -0.354. The van der Waals surface area contributed by atoms with E-state index < -0.39 is 0 Å². The smallest absolute Gasteiger partial charge is 0.244 e. The Balaban J connectivity index is 1.40. The fourth-order valence-electron chi connectivity index (χ4n) is 4.40. The van der Waals surface area contributed by atoms with Crippen molar-refractivity contribution in [3.05, 3.63) is 5.82 Å². The first kappa shape index (κ1) is 16.5. The van der Waals surface area contributed by atoms with E-state index in [1.165, 1.54) is 23.9 Å². The van der Waals surface area contributed by atoms with Gasteiger partial charge in [-0.25, -0.2) is 4.68 Å². The first-order valence-electron chi connectivity index (χ1n) is 9.37. The van der Waals surface area contributed by atoms with Crippen LogP contribution in [0.4, 0.5) is 0 Å². The van der Waals surface area contributed by atoms with Gasteiger partial charge in [-0.15, -0.1) is 5.10 Å². The zero-order chi connectivity index (χ0) is 17.4. The predicted octanol–water partition coefficient (Wildman–Crippen LogP) is 0.623. The standard InChI is InChI=1S/C17H26N6O2/c1-13-18-19-20-23(13)11-15(24)22-9-7-17(12-22)6-3-8-21(16(17)25)10-14-4-2-5-14/h14H,2-12H2,1H3/t17-/m1/s1. The molecule has 1 aliphatic carbocycles. The number of rotatable bonds is 4. The number of likely N-dealkylation sites (tertiary alicyclic amines) is 2. The van der Waals surface area contributed by atoms with E-state index in [1.807, 2.05) is 4.90 Å². The van der Waals surface area contributed by atoms with Gasteiger partial charge in [-0.3, -0.25) is 9.59 Å². The minimum Gasteiger partial charge on any atom is -0.342 e. The van der Waals surface area contributed by atoms with Crippen molar-refractivity contribution in [2.75, 3.05) is 26.2 Å². The molecule has 0 N–H and O–H groups in total. The van der Waals surface area contributed by atoms with Crippen LogP contribution in [0.1, 0.15) is 44.3 Å². The Hall–Kier alpha value is -1.99. The van der Waals surface area contributed by atoms with Gasteiger partial charge < -0.3 is 9.80 Å². The summed E-state index contributed by atoms with van der Waals surface area (Å²) in [6.45, 7) is 4.93. The zero-order valence-corrected chi connectivity index (χ0v) is 14.9. The topological polar surface area (TPSA) is 84.2 Å². The third kappa shape index (κ3) is 3.02. The van der Waals surface area contributed by atoms with Crippen LogP contribution in [0.5, 0.6) is 0 Å². The number of carbonyl (C=O) groups is 2. The molecule has 4 rings (SSSR count). The molecule has 3 fully saturated rings. The van der Waals surface area contributed by atoms with E-state index in [0.717, 1.165) is 32.4 Å². The highest BCUT2D eigenvalue weighted by Gasteiger charge is 2.49. The maximum Gasteiger partial charge on any atom is 0.244 e. The molecule has 3 aliphatic rings. The monoisotopic (exact) mass is 346 g/mol. The van der Waals surface area contributed by atoms with E-state index in [1.54, 1.807) is 6.92 Å². The largest absolute Gasteiger partial charge is 0.342 e. The minimum absolute atomic E-state index is 0.00353. The fourth-order valence-corrected chi connectivity index (χ4v) is 4.40. The van der Waals surface area contributed by atoms with E-state index >= 15 is 0 Å². The number of carbonyl (C=O) groups excluding carboxylic acids is 2. The lowest BCUT2D eigenvalue weighted by atomic mass is 9.77. The third-order valence-corrected chi connectivity index (χ3v) is 6.23. The summed E-state index contributed by atoms with van der Waals surface area (Å²) in [7, 11) is 0. The zero-order valence-electron chi connectivity index (χ0n) is 14.9. The molecule has 1 aromatic heterocycles. The number of tetrazole rings is 1. The second-order valence-electron chi connectivity index (χ2n) is 7.88. The average Bonchev–Trinajstić information content (AvgIpc) is 3.15. The van der Waals surface area contributed by atoms with Crippen LogP contribution >= 0.6 is 0 Å².